The molecule has 0 atom stereocenters. The van der Waals surface area contributed by atoms with Crippen LogP contribution < -0.4 is 9.62 Å². The molecule has 0 bridgehead atoms. The van der Waals surface area contributed by atoms with Crippen LogP contribution in [0.3, 0.4) is 0 Å². The number of anilines is 1. The second-order valence-corrected chi connectivity index (χ2v) is 9.38. The SMILES string of the molecule is CC(C)OCCCNC(=O)CN(c1cc(C(F)(F)F)ccc1Cl)S(=O)(=O)c1ccccc1. The van der Waals surface area contributed by atoms with Gasteiger partial charge in [-0.2, -0.15) is 13.2 Å². The Kier molecular flexibility index (Phi) is 8.94. The standard InChI is InChI=1S/C21H24ClF3N2O4S/c1-15(2)31-12-6-11-26-20(28)14-27(32(29,30)17-7-4-3-5-8-17)19-13-16(21(23,24)25)9-10-18(19)22/h3-5,7-10,13,15H,6,11-12,14H2,1-2H3,(H,26,28). The summed E-state index contributed by atoms with van der Waals surface area (Å²) in [5.74, 6) is -0.692. The average Bonchev–Trinajstić information content (AvgIpc) is 2.72. The van der Waals surface area contributed by atoms with Crippen molar-refractivity contribution in [2.24, 2.45) is 0 Å². The lowest BCUT2D eigenvalue weighted by atomic mass is 10.2. The number of rotatable bonds is 10. The number of halogens is 4. The third-order valence-electron chi connectivity index (χ3n) is 4.26. The lowest BCUT2D eigenvalue weighted by Gasteiger charge is -2.26. The van der Waals surface area contributed by atoms with Crippen LogP contribution in [-0.2, 0) is 25.7 Å². The molecule has 1 amide bonds. The quantitative estimate of drug-likeness (QED) is 0.496. The molecule has 6 nitrogen and oxygen atoms in total. The van der Waals surface area contributed by atoms with Gasteiger partial charge in [0.15, 0.2) is 0 Å². The van der Waals surface area contributed by atoms with Crippen LogP contribution in [0.15, 0.2) is 53.4 Å². The van der Waals surface area contributed by atoms with Crippen LogP contribution in [0, 0.1) is 0 Å². The average molecular weight is 493 g/mol. The van der Waals surface area contributed by atoms with E-state index in [0.717, 1.165) is 12.1 Å². The first kappa shape index (κ1) is 26.0. The Labute approximate surface area is 190 Å². The molecule has 0 aromatic heterocycles. The van der Waals surface area contributed by atoms with E-state index < -0.39 is 39.9 Å². The Balaban J connectivity index is 2.34. The van der Waals surface area contributed by atoms with Gasteiger partial charge in [-0.05, 0) is 50.6 Å². The van der Waals surface area contributed by atoms with E-state index in [4.69, 9.17) is 16.3 Å². The summed E-state index contributed by atoms with van der Waals surface area (Å²) >= 11 is 6.07. The van der Waals surface area contributed by atoms with Crippen molar-refractivity contribution in [2.45, 2.75) is 37.4 Å². The molecule has 2 aromatic carbocycles. The number of amides is 1. The molecule has 0 spiro atoms. The van der Waals surface area contributed by atoms with Crippen molar-refractivity contribution in [1.29, 1.82) is 0 Å². The van der Waals surface area contributed by atoms with Gasteiger partial charge in [0.1, 0.15) is 6.54 Å². The molecule has 0 fully saturated rings. The van der Waals surface area contributed by atoms with Gasteiger partial charge in [0, 0.05) is 13.2 Å². The van der Waals surface area contributed by atoms with Gasteiger partial charge < -0.3 is 10.1 Å². The molecule has 0 saturated carbocycles. The number of hydrogen-bond acceptors (Lipinski definition) is 4. The molecule has 0 aliphatic rings. The minimum absolute atomic E-state index is 0.0280. The highest BCUT2D eigenvalue weighted by atomic mass is 35.5. The second-order valence-electron chi connectivity index (χ2n) is 7.11. The summed E-state index contributed by atoms with van der Waals surface area (Å²) in [6.07, 6.45) is -4.21. The Morgan fingerprint density at radius 3 is 2.41 bits per heavy atom. The smallest absolute Gasteiger partial charge is 0.379 e. The number of benzene rings is 2. The normalized spacial score (nSPS) is 12.1. The molecule has 1 N–H and O–H groups in total. The van der Waals surface area contributed by atoms with Gasteiger partial charge in [-0.25, -0.2) is 8.42 Å². The fraction of sp³-hybridized carbons (Fsp3) is 0.381. The number of ether oxygens (including phenoxy) is 1. The number of nitrogens with zero attached hydrogens (tertiary/aromatic N) is 1. The maximum Gasteiger partial charge on any atom is 0.416 e. The molecule has 0 heterocycles. The number of hydrogen-bond donors (Lipinski definition) is 1. The van der Waals surface area contributed by atoms with Crippen LogP contribution in [0.5, 0.6) is 0 Å². The highest BCUT2D eigenvalue weighted by molar-refractivity contribution is 7.92. The molecule has 2 aromatic rings. The lowest BCUT2D eigenvalue weighted by molar-refractivity contribution is -0.137. The van der Waals surface area contributed by atoms with Crippen molar-refractivity contribution in [1.82, 2.24) is 5.32 Å². The van der Waals surface area contributed by atoms with E-state index in [0.29, 0.717) is 23.4 Å². The summed E-state index contributed by atoms with van der Waals surface area (Å²) in [5.41, 5.74) is -1.53. The van der Waals surface area contributed by atoms with Crippen molar-refractivity contribution in [3.63, 3.8) is 0 Å². The van der Waals surface area contributed by atoms with E-state index in [1.807, 2.05) is 13.8 Å². The summed E-state index contributed by atoms with van der Waals surface area (Å²) in [6, 6.07) is 9.40. The number of sulfonamides is 1. The number of alkyl halides is 3. The monoisotopic (exact) mass is 492 g/mol. The van der Waals surface area contributed by atoms with Gasteiger partial charge in [-0.15, -0.1) is 0 Å². The zero-order valence-corrected chi connectivity index (χ0v) is 19.1. The largest absolute Gasteiger partial charge is 0.416 e. The maximum atomic E-state index is 13.2. The van der Waals surface area contributed by atoms with Crippen LogP contribution in [0.4, 0.5) is 18.9 Å². The van der Waals surface area contributed by atoms with E-state index in [9.17, 15) is 26.4 Å². The van der Waals surface area contributed by atoms with Crippen molar-refractivity contribution in [3.05, 3.63) is 59.1 Å². The third-order valence-corrected chi connectivity index (χ3v) is 6.35. The molecule has 0 unspecified atom stereocenters. The summed E-state index contributed by atoms with van der Waals surface area (Å²) < 4.78 is 72.1. The van der Waals surface area contributed by atoms with E-state index >= 15 is 0 Å². The summed E-state index contributed by atoms with van der Waals surface area (Å²) in [7, 11) is -4.38. The highest BCUT2D eigenvalue weighted by Crippen LogP contribution is 2.37. The Hall–Kier alpha value is -2.30. The minimum atomic E-state index is -4.72. The highest BCUT2D eigenvalue weighted by Gasteiger charge is 2.34. The topological polar surface area (TPSA) is 75.7 Å². The van der Waals surface area contributed by atoms with Crippen LogP contribution in [0.2, 0.25) is 5.02 Å². The van der Waals surface area contributed by atoms with E-state index in [-0.39, 0.29) is 22.6 Å². The molecular weight excluding hydrogens is 469 g/mol. The Bertz CT molecular complexity index is 1020. The third kappa shape index (κ3) is 7.11. The molecule has 176 valence electrons. The summed E-state index contributed by atoms with van der Waals surface area (Å²) in [6.45, 7) is 3.58. The molecule has 0 radical (unpaired) electrons. The van der Waals surface area contributed by atoms with Crippen LogP contribution in [0.1, 0.15) is 25.8 Å². The first-order valence-electron chi connectivity index (χ1n) is 9.75. The zero-order valence-electron chi connectivity index (χ0n) is 17.5. The molecule has 2 rings (SSSR count). The molecular formula is C21H24ClF3N2O4S. The van der Waals surface area contributed by atoms with Crippen molar-refractivity contribution in [2.75, 3.05) is 24.0 Å². The van der Waals surface area contributed by atoms with Gasteiger partial charge in [0.05, 0.1) is 27.3 Å². The van der Waals surface area contributed by atoms with Crippen molar-refractivity contribution < 1.29 is 31.1 Å². The molecule has 0 aliphatic heterocycles. The lowest BCUT2D eigenvalue weighted by Crippen LogP contribution is -2.41. The molecule has 11 heteroatoms. The minimum Gasteiger partial charge on any atom is -0.379 e. The van der Waals surface area contributed by atoms with Gasteiger partial charge >= 0.3 is 6.18 Å². The molecule has 32 heavy (non-hydrogen) atoms. The van der Waals surface area contributed by atoms with Crippen LogP contribution in [0.25, 0.3) is 0 Å². The van der Waals surface area contributed by atoms with E-state index in [1.54, 1.807) is 6.07 Å². The summed E-state index contributed by atoms with van der Waals surface area (Å²) in [4.78, 5) is 12.3. The fourth-order valence-corrected chi connectivity index (χ4v) is 4.43. The van der Waals surface area contributed by atoms with Gasteiger partial charge in [0.25, 0.3) is 10.0 Å². The van der Waals surface area contributed by atoms with E-state index in [1.165, 1.54) is 24.3 Å². The fourth-order valence-electron chi connectivity index (χ4n) is 2.70. The number of carbonyl (C=O) groups is 1. The van der Waals surface area contributed by atoms with Gasteiger partial charge in [0.2, 0.25) is 5.91 Å². The Morgan fingerprint density at radius 2 is 1.81 bits per heavy atom. The first-order valence-corrected chi connectivity index (χ1v) is 11.6. The maximum absolute atomic E-state index is 13.2. The number of nitrogens with one attached hydrogen (secondary N) is 1. The predicted octanol–water partition coefficient (Wildman–Crippen LogP) is 4.49. The molecule has 0 saturated heterocycles. The van der Waals surface area contributed by atoms with Crippen molar-refractivity contribution >= 4 is 33.2 Å². The second kappa shape index (κ2) is 11.0. The van der Waals surface area contributed by atoms with E-state index in [2.05, 4.69) is 5.32 Å². The number of carbonyl (C=O) groups excluding carboxylic acids is 1. The van der Waals surface area contributed by atoms with Gasteiger partial charge in [-0.1, -0.05) is 29.8 Å². The van der Waals surface area contributed by atoms with Crippen molar-refractivity contribution in [3.8, 4) is 0 Å². The van der Waals surface area contributed by atoms with Gasteiger partial charge in [-0.3, -0.25) is 9.10 Å². The van der Waals surface area contributed by atoms with Crippen LogP contribution in [-0.4, -0.2) is 40.1 Å². The molecule has 0 aliphatic carbocycles. The first-order chi connectivity index (χ1) is 14.9. The van der Waals surface area contributed by atoms with Crippen LogP contribution >= 0.6 is 11.6 Å². The predicted molar refractivity (Wildman–Crippen MR) is 116 cm³/mol. The Morgan fingerprint density at radius 1 is 1.16 bits per heavy atom. The zero-order chi connectivity index (χ0) is 23.9. The summed E-state index contributed by atoms with van der Waals surface area (Å²) in [5, 5.41) is 2.31.